The van der Waals surface area contributed by atoms with Gasteiger partial charge in [-0.3, -0.25) is 9.59 Å². The number of benzene rings is 2. The number of fused-ring (bicyclic) bond motifs is 1. The van der Waals surface area contributed by atoms with Crippen LogP contribution in [0.25, 0.3) is 0 Å². The largest absolute Gasteiger partial charge is 0.367 e. The van der Waals surface area contributed by atoms with E-state index in [0.717, 1.165) is 43.7 Å². The number of carbonyl (C=O) groups excluding carboxylic acids is 2. The Morgan fingerprint density at radius 3 is 2.58 bits per heavy atom. The number of hydrogen-bond acceptors (Lipinski definition) is 4. The van der Waals surface area contributed by atoms with E-state index < -0.39 is 0 Å². The van der Waals surface area contributed by atoms with Crippen molar-refractivity contribution in [3.8, 4) is 0 Å². The molecule has 0 saturated carbocycles. The van der Waals surface area contributed by atoms with Gasteiger partial charge in [-0.15, -0.1) is 11.3 Å². The quantitative estimate of drug-likeness (QED) is 0.596. The second-order valence-electron chi connectivity index (χ2n) is 8.67. The van der Waals surface area contributed by atoms with E-state index in [-0.39, 0.29) is 23.5 Å². The molecule has 0 spiro atoms. The Morgan fingerprint density at radius 1 is 1.00 bits per heavy atom. The summed E-state index contributed by atoms with van der Waals surface area (Å²) in [5.41, 5.74) is 3.76. The molecule has 3 heterocycles. The zero-order valence-corrected chi connectivity index (χ0v) is 19.1. The summed E-state index contributed by atoms with van der Waals surface area (Å²) in [5, 5.41) is 5.18. The van der Waals surface area contributed by atoms with Gasteiger partial charge < -0.3 is 15.1 Å². The molecule has 2 aromatic carbocycles. The van der Waals surface area contributed by atoms with Crippen molar-refractivity contribution in [1.82, 2.24) is 4.90 Å². The Labute approximate surface area is 196 Å². The molecule has 2 aliphatic heterocycles. The van der Waals surface area contributed by atoms with E-state index >= 15 is 0 Å². The highest BCUT2D eigenvalue weighted by atomic mass is 32.1. The van der Waals surface area contributed by atoms with E-state index in [0.29, 0.717) is 18.7 Å². The first kappa shape index (κ1) is 21.6. The normalized spacial score (nSPS) is 18.0. The van der Waals surface area contributed by atoms with Gasteiger partial charge in [0.1, 0.15) is 5.82 Å². The van der Waals surface area contributed by atoms with E-state index in [1.54, 1.807) is 4.90 Å². The van der Waals surface area contributed by atoms with Gasteiger partial charge in [0.2, 0.25) is 5.91 Å². The smallest absolute Gasteiger partial charge is 0.253 e. The van der Waals surface area contributed by atoms with Crippen LogP contribution >= 0.6 is 11.3 Å². The summed E-state index contributed by atoms with van der Waals surface area (Å²) in [6.45, 7) is 2.90. The van der Waals surface area contributed by atoms with Gasteiger partial charge >= 0.3 is 0 Å². The summed E-state index contributed by atoms with van der Waals surface area (Å²) < 4.78 is 13.2. The third-order valence-corrected chi connectivity index (χ3v) is 7.50. The Morgan fingerprint density at radius 2 is 1.79 bits per heavy atom. The number of carbonyl (C=O) groups is 2. The van der Waals surface area contributed by atoms with Crippen LogP contribution in [0.15, 0.2) is 60.0 Å². The van der Waals surface area contributed by atoms with Gasteiger partial charge in [0.05, 0.1) is 5.92 Å². The number of nitrogens with one attached hydrogen (secondary N) is 1. The molecule has 1 aromatic heterocycles. The average Bonchev–Trinajstić information content (AvgIpc) is 3.33. The lowest BCUT2D eigenvalue weighted by Crippen LogP contribution is -2.43. The van der Waals surface area contributed by atoms with E-state index in [1.807, 2.05) is 23.5 Å². The van der Waals surface area contributed by atoms with E-state index in [1.165, 1.54) is 34.7 Å². The molecule has 1 fully saturated rings. The summed E-state index contributed by atoms with van der Waals surface area (Å²) in [5.74, 6) is -0.862. The SMILES string of the molecule is O=C(Nc1ccc(N2CCc3sccc3C2)cc1)C1CCCN(C(=O)c2ccc(F)cc2)C1. The van der Waals surface area contributed by atoms with Gasteiger partial charge in [0.25, 0.3) is 5.91 Å². The topological polar surface area (TPSA) is 52.7 Å². The lowest BCUT2D eigenvalue weighted by atomic mass is 9.96. The lowest BCUT2D eigenvalue weighted by molar-refractivity contribution is -0.121. The number of rotatable bonds is 4. The molecule has 5 nitrogen and oxygen atoms in total. The Balaban J connectivity index is 1.19. The zero-order valence-electron chi connectivity index (χ0n) is 18.3. The van der Waals surface area contributed by atoms with Crippen LogP contribution in [-0.4, -0.2) is 36.3 Å². The molecule has 0 aliphatic carbocycles. The first-order valence-corrected chi connectivity index (χ1v) is 12.2. The fourth-order valence-corrected chi connectivity index (χ4v) is 5.51. The van der Waals surface area contributed by atoms with Crippen molar-refractivity contribution in [1.29, 1.82) is 0 Å². The number of likely N-dealkylation sites (tertiary alicyclic amines) is 1. The Kier molecular flexibility index (Phi) is 6.13. The van der Waals surface area contributed by atoms with Crippen molar-refractivity contribution in [3.05, 3.63) is 81.8 Å². The molecule has 1 N–H and O–H groups in total. The van der Waals surface area contributed by atoms with Crippen LogP contribution in [0.3, 0.4) is 0 Å². The van der Waals surface area contributed by atoms with Crippen LogP contribution in [0.5, 0.6) is 0 Å². The van der Waals surface area contributed by atoms with Crippen LogP contribution in [-0.2, 0) is 17.8 Å². The van der Waals surface area contributed by atoms with Gasteiger partial charge in [-0.05, 0) is 84.8 Å². The molecule has 1 atom stereocenters. The molecule has 7 heteroatoms. The molecule has 0 radical (unpaired) electrons. The molecule has 3 aromatic rings. The minimum absolute atomic E-state index is 0.0692. The summed E-state index contributed by atoms with van der Waals surface area (Å²) in [7, 11) is 0. The molecule has 33 heavy (non-hydrogen) atoms. The number of anilines is 2. The number of nitrogens with zero attached hydrogens (tertiary/aromatic N) is 2. The van der Waals surface area contributed by atoms with Gasteiger partial charge in [0.15, 0.2) is 0 Å². The predicted molar refractivity (Wildman–Crippen MR) is 129 cm³/mol. The maximum absolute atomic E-state index is 13.2. The first-order chi connectivity index (χ1) is 16.1. The Bertz CT molecular complexity index is 1140. The maximum Gasteiger partial charge on any atom is 0.253 e. The minimum atomic E-state index is -0.370. The minimum Gasteiger partial charge on any atom is -0.367 e. The molecular weight excluding hydrogens is 437 g/mol. The van der Waals surface area contributed by atoms with Crippen LogP contribution in [0, 0.1) is 11.7 Å². The monoisotopic (exact) mass is 463 g/mol. The van der Waals surface area contributed by atoms with Crippen molar-refractivity contribution in [2.45, 2.75) is 25.8 Å². The Hall–Kier alpha value is -3.19. The molecule has 1 saturated heterocycles. The third-order valence-electron chi connectivity index (χ3n) is 6.48. The second-order valence-corrected chi connectivity index (χ2v) is 9.67. The van der Waals surface area contributed by atoms with Crippen molar-refractivity contribution in [3.63, 3.8) is 0 Å². The van der Waals surface area contributed by atoms with Crippen molar-refractivity contribution < 1.29 is 14.0 Å². The van der Waals surface area contributed by atoms with Gasteiger partial charge in [-0.2, -0.15) is 0 Å². The van der Waals surface area contributed by atoms with Gasteiger partial charge in [-0.1, -0.05) is 0 Å². The van der Waals surface area contributed by atoms with E-state index in [9.17, 15) is 14.0 Å². The van der Waals surface area contributed by atoms with E-state index in [2.05, 4.69) is 33.8 Å². The highest BCUT2D eigenvalue weighted by Crippen LogP contribution is 2.29. The predicted octanol–water partition coefficient (Wildman–Crippen LogP) is 4.94. The van der Waals surface area contributed by atoms with Crippen molar-refractivity contribution in [2.24, 2.45) is 5.92 Å². The van der Waals surface area contributed by atoms with E-state index in [4.69, 9.17) is 0 Å². The van der Waals surface area contributed by atoms with Crippen LogP contribution in [0.2, 0.25) is 0 Å². The second kappa shape index (κ2) is 9.35. The van der Waals surface area contributed by atoms with Crippen LogP contribution in [0.4, 0.5) is 15.8 Å². The fourth-order valence-electron chi connectivity index (χ4n) is 4.62. The lowest BCUT2D eigenvalue weighted by Gasteiger charge is -2.32. The van der Waals surface area contributed by atoms with Crippen LogP contribution in [0.1, 0.15) is 33.6 Å². The number of amides is 2. The fraction of sp³-hybridized carbons (Fsp3) is 0.308. The average molecular weight is 464 g/mol. The number of thiophene rings is 1. The first-order valence-electron chi connectivity index (χ1n) is 11.3. The summed E-state index contributed by atoms with van der Waals surface area (Å²) in [6.07, 6.45) is 2.58. The van der Waals surface area contributed by atoms with Crippen molar-refractivity contribution >= 4 is 34.5 Å². The van der Waals surface area contributed by atoms with Crippen molar-refractivity contribution in [2.75, 3.05) is 29.9 Å². The molecule has 5 rings (SSSR count). The number of hydrogen-bond donors (Lipinski definition) is 1. The molecule has 170 valence electrons. The number of halogens is 1. The molecular formula is C26H26FN3O2S. The third kappa shape index (κ3) is 4.78. The molecule has 2 amide bonds. The summed E-state index contributed by atoms with van der Waals surface area (Å²) in [4.78, 5) is 31.2. The molecule has 2 aliphatic rings. The zero-order chi connectivity index (χ0) is 22.8. The summed E-state index contributed by atoms with van der Waals surface area (Å²) >= 11 is 1.83. The van der Waals surface area contributed by atoms with Crippen LogP contribution < -0.4 is 10.2 Å². The highest BCUT2D eigenvalue weighted by Gasteiger charge is 2.29. The highest BCUT2D eigenvalue weighted by molar-refractivity contribution is 7.10. The molecule has 0 bridgehead atoms. The number of piperidine rings is 1. The summed E-state index contributed by atoms with van der Waals surface area (Å²) in [6, 6.07) is 15.8. The van der Waals surface area contributed by atoms with Gasteiger partial charge in [-0.25, -0.2) is 4.39 Å². The van der Waals surface area contributed by atoms with Gasteiger partial charge in [0, 0.05) is 48.0 Å². The molecule has 1 unspecified atom stereocenters. The maximum atomic E-state index is 13.2. The standard InChI is InChI=1S/C26H26FN3O2S/c27-21-5-3-18(4-6-21)26(32)30-13-1-2-20(17-30)25(31)28-22-7-9-23(10-8-22)29-14-11-24-19(16-29)12-15-33-24/h3-10,12,15,20H,1-2,11,13-14,16-17H2,(H,28,31).